The zero-order chi connectivity index (χ0) is 37.0. The number of hydrogen-bond donors (Lipinski definition) is 3. The first-order chi connectivity index (χ1) is 24.2. The van der Waals surface area contributed by atoms with Crippen molar-refractivity contribution in [1.82, 2.24) is 20.1 Å². The molecule has 0 aliphatic carbocycles. The summed E-state index contributed by atoms with van der Waals surface area (Å²) in [6, 6.07) is 16.7. The van der Waals surface area contributed by atoms with Gasteiger partial charge in [0.25, 0.3) is 0 Å². The van der Waals surface area contributed by atoms with E-state index < -0.39 is 28.8 Å². The van der Waals surface area contributed by atoms with Crippen molar-refractivity contribution in [3.63, 3.8) is 0 Å². The number of anilines is 2. The molecule has 0 atom stereocenters. The second-order valence-electron chi connectivity index (χ2n) is 14.0. The van der Waals surface area contributed by atoms with E-state index in [-0.39, 0.29) is 57.3 Å². The molecule has 0 radical (unpaired) electrons. The monoisotopic (exact) mass is 706 g/mol. The minimum absolute atomic E-state index is 0.00244. The predicted octanol–water partition coefficient (Wildman–Crippen LogP) is 5.46. The summed E-state index contributed by atoms with van der Waals surface area (Å²) < 4.78 is 41.0. The first-order valence-electron chi connectivity index (χ1n) is 17.2. The molecule has 13 heteroatoms. The Balaban J connectivity index is 1.37. The third-order valence-corrected chi connectivity index (χ3v) is 10.2. The van der Waals surface area contributed by atoms with Crippen LogP contribution in [0.3, 0.4) is 0 Å². The molecule has 0 unspecified atom stereocenters. The number of carbonyl (C=O) groups is 4. The summed E-state index contributed by atoms with van der Waals surface area (Å²) in [4.78, 5) is 61.0. The SMILES string of the molecule is CCC1(C(=O)N(CC(=O)Nc2ccc3c(c2)CC(=O)Nc2ncccc2C3)Cc2ccccc2CNC)CCN(C(=O)C(C)(C)C(F)(F)F)CC1. The van der Waals surface area contributed by atoms with Crippen LogP contribution >= 0.6 is 0 Å². The average Bonchev–Trinajstić information content (AvgIpc) is 3.09. The number of piperidine rings is 1. The number of aromatic nitrogens is 1. The Hall–Kier alpha value is -4.78. The maximum atomic E-state index is 14.5. The Kier molecular flexibility index (Phi) is 11.2. The normalized spacial score (nSPS) is 15.8. The summed E-state index contributed by atoms with van der Waals surface area (Å²) in [7, 11) is 1.82. The lowest BCUT2D eigenvalue weighted by Crippen LogP contribution is -2.55. The highest BCUT2D eigenvalue weighted by molar-refractivity contribution is 5.96. The lowest BCUT2D eigenvalue weighted by atomic mass is 9.74. The number of rotatable bonds is 10. The number of hydrogen-bond acceptors (Lipinski definition) is 6. The summed E-state index contributed by atoms with van der Waals surface area (Å²) in [6.45, 7) is 3.99. The Labute approximate surface area is 296 Å². The molecular weight excluding hydrogens is 661 g/mol. The van der Waals surface area contributed by atoms with Crippen LogP contribution in [0, 0.1) is 10.8 Å². The van der Waals surface area contributed by atoms with E-state index in [0.717, 1.165) is 41.7 Å². The van der Waals surface area contributed by atoms with Gasteiger partial charge in [-0.3, -0.25) is 19.2 Å². The quantitative estimate of drug-likeness (QED) is 0.258. The first-order valence-corrected chi connectivity index (χ1v) is 17.2. The summed E-state index contributed by atoms with van der Waals surface area (Å²) in [5, 5.41) is 8.88. The van der Waals surface area contributed by atoms with Crippen molar-refractivity contribution < 1.29 is 32.3 Å². The molecule has 5 rings (SSSR count). The molecule has 0 spiro atoms. The number of halogens is 3. The Bertz CT molecular complexity index is 1790. The van der Waals surface area contributed by atoms with Crippen LogP contribution in [0.15, 0.2) is 60.8 Å². The second kappa shape index (κ2) is 15.2. The third kappa shape index (κ3) is 8.24. The molecule has 0 bridgehead atoms. The first kappa shape index (κ1) is 37.5. The van der Waals surface area contributed by atoms with E-state index in [2.05, 4.69) is 20.9 Å². The van der Waals surface area contributed by atoms with E-state index in [0.29, 0.717) is 30.9 Å². The molecule has 2 aromatic carbocycles. The summed E-state index contributed by atoms with van der Waals surface area (Å²) in [5.74, 6) is -1.44. The molecule has 0 saturated carbocycles. The summed E-state index contributed by atoms with van der Waals surface area (Å²) in [6.07, 6.45) is -1.71. The standard InChI is InChI=1S/C38H45F3N6O4/c1-5-37(14-17-46(18-15-37)34(50)36(2,3)38(39,40)41)35(51)47(23-28-10-7-6-9-27(28)22-42-4)24-32(49)44-30-13-12-25-19-26-11-8-16-43-33(26)45-31(48)21-29(25)20-30/h6-13,16,20,42H,5,14-15,17-19,21-24H2,1-4H3,(H,44,49)(H,43,45,48). The number of pyridine rings is 1. The third-order valence-electron chi connectivity index (χ3n) is 10.2. The van der Waals surface area contributed by atoms with Gasteiger partial charge >= 0.3 is 6.18 Å². The fourth-order valence-electron chi connectivity index (χ4n) is 6.85. The van der Waals surface area contributed by atoms with Crippen molar-refractivity contribution in [2.75, 3.05) is 37.3 Å². The molecule has 2 aliphatic heterocycles. The van der Waals surface area contributed by atoms with Gasteiger partial charge in [0, 0.05) is 44.5 Å². The Morgan fingerprint density at radius 3 is 2.33 bits per heavy atom. The van der Waals surface area contributed by atoms with Crippen molar-refractivity contribution in [1.29, 1.82) is 0 Å². The molecule has 1 aromatic heterocycles. The topological polar surface area (TPSA) is 124 Å². The molecular formula is C38H45F3N6O4. The number of carbonyl (C=O) groups excluding carboxylic acids is 4. The van der Waals surface area contributed by atoms with Crippen molar-refractivity contribution in [2.24, 2.45) is 10.8 Å². The summed E-state index contributed by atoms with van der Waals surface area (Å²) in [5.41, 5.74) is 1.32. The van der Waals surface area contributed by atoms with Gasteiger partial charge in [0.2, 0.25) is 23.6 Å². The zero-order valence-corrected chi connectivity index (χ0v) is 29.5. The van der Waals surface area contributed by atoms with E-state index in [1.165, 1.54) is 9.80 Å². The van der Waals surface area contributed by atoms with Gasteiger partial charge in [0.1, 0.15) is 17.8 Å². The molecule has 1 fully saturated rings. The summed E-state index contributed by atoms with van der Waals surface area (Å²) >= 11 is 0. The average molecular weight is 707 g/mol. The number of benzene rings is 2. The highest BCUT2D eigenvalue weighted by atomic mass is 19.4. The van der Waals surface area contributed by atoms with Gasteiger partial charge in [-0.25, -0.2) is 4.98 Å². The number of nitrogens with one attached hydrogen (secondary N) is 3. The van der Waals surface area contributed by atoms with Crippen LogP contribution in [0.4, 0.5) is 24.7 Å². The number of likely N-dealkylation sites (tertiary alicyclic amines) is 1. The van der Waals surface area contributed by atoms with Crippen LogP contribution in [-0.2, 0) is 45.1 Å². The molecule has 4 amide bonds. The van der Waals surface area contributed by atoms with Gasteiger partial charge in [-0.15, -0.1) is 0 Å². The smallest absolute Gasteiger partial charge is 0.342 e. The molecule has 3 aromatic rings. The lowest BCUT2D eigenvalue weighted by Gasteiger charge is -2.44. The Morgan fingerprint density at radius 1 is 0.961 bits per heavy atom. The fraction of sp³-hybridized carbons (Fsp3) is 0.447. The second-order valence-corrected chi connectivity index (χ2v) is 14.0. The molecule has 3 heterocycles. The molecule has 3 N–H and O–H groups in total. The highest BCUT2D eigenvalue weighted by Crippen LogP contribution is 2.42. The van der Waals surface area contributed by atoms with E-state index in [1.807, 2.05) is 56.4 Å². The largest absolute Gasteiger partial charge is 0.402 e. The minimum atomic E-state index is -4.71. The molecule has 1 saturated heterocycles. The van der Waals surface area contributed by atoms with E-state index in [1.54, 1.807) is 18.3 Å². The zero-order valence-electron chi connectivity index (χ0n) is 29.5. The molecule has 2 aliphatic rings. The molecule has 272 valence electrons. The Morgan fingerprint density at radius 2 is 1.67 bits per heavy atom. The van der Waals surface area contributed by atoms with Gasteiger partial charge in [0.05, 0.1) is 11.8 Å². The van der Waals surface area contributed by atoms with Gasteiger partial charge in [-0.1, -0.05) is 43.3 Å². The maximum absolute atomic E-state index is 14.5. The van der Waals surface area contributed by atoms with E-state index in [9.17, 15) is 32.3 Å². The lowest BCUT2D eigenvalue weighted by molar-refractivity contribution is -0.218. The minimum Gasteiger partial charge on any atom is -0.342 e. The van der Waals surface area contributed by atoms with Crippen molar-refractivity contribution in [3.05, 3.63) is 88.6 Å². The number of amides is 4. The number of alkyl halides is 3. The number of fused-ring (bicyclic) bond motifs is 2. The van der Waals surface area contributed by atoms with Gasteiger partial charge in [-0.05, 0) is 86.2 Å². The highest BCUT2D eigenvalue weighted by Gasteiger charge is 2.55. The fourth-order valence-corrected chi connectivity index (χ4v) is 6.85. The van der Waals surface area contributed by atoms with Gasteiger partial charge < -0.3 is 25.8 Å². The van der Waals surface area contributed by atoms with Crippen molar-refractivity contribution in [3.8, 4) is 0 Å². The maximum Gasteiger partial charge on any atom is 0.402 e. The van der Waals surface area contributed by atoms with Crippen molar-refractivity contribution in [2.45, 2.75) is 72.1 Å². The molecule has 10 nitrogen and oxygen atoms in total. The predicted molar refractivity (Wildman–Crippen MR) is 187 cm³/mol. The van der Waals surface area contributed by atoms with Gasteiger partial charge in [0.15, 0.2) is 0 Å². The van der Waals surface area contributed by atoms with Crippen LogP contribution in [0.5, 0.6) is 0 Å². The molecule has 51 heavy (non-hydrogen) atoms. The van der Waals surface area contributed by atoms with Crippen LogP contribution in [0.2, 0.25) is 0 Å². The van der Waals surface area contributed by atoms with Crippen LogP contribution in [0.1, 0.15) is 67.9 Å². The van der Waals surface area contributed by atoms with Gasteiger partial charge in [-0.2, -0.15) is 13.2 Å². The van der Waals surface area contributed by atoms with Crippen LogP contribution < -0.4 is 16.0 Å². The van der Waals surface area contributed by atoms with E-state index in [4.69, 9.17) is 0 Å². The van der Waals surface area contributed by atoms with Crippen LogP contribution in [0.25, 0.3) is 0 Å². The van der Waals surface area contributed by atoms with Crippen molar-refractivity contribution >= 4 is 35.1 Å². The number of nitrogens with zero attached hydrogens (tertiary/aromatic N) is 3. The van der Waals surface area contributed by atoms with Crippen LogP contribution in [-0.4, -0.2) is 71.3 Å². The van der Waals surface area contributed by atoms with E-state index >= 15 is 0 Å².